The van der Waals surface area contributed by atoms with Crippen LogP contribution in [0.2, 0.25) is 0 Å². The van der Waals surface area contributed by atoms with E-state index in [1.807, 2.05) is 43.3 Å². The fourth-order valence-electron chi connectivity index (χ4n) is 2.96. The molecule has 0 bridgehead atoms. The lowest BCUT2D eigenvalue weighted by Gasteiger charge is -2.35. The third-order valence-electron chi connectivity index (χ3n) is 3.98. The highest BCUT2D eigenvalue weighted by Gasteiger charge is 2.51. The third-order valence-corrected chi connectivity index (χ3v) is 4.58. The minimum absolute atomic E-state index is 0.425. The van der Waals surface area contributed by atoms with Crippen LogP contribution < -0.4 is 0 Å². The SMILES string of the molecule is CCC(c1ccccc1)C(C(=O)Cl)(C(=O)Cl)c1ccccc1. The molecule has 2 aromatic rings. The fraction of sp³-hybridized carbons (Fsp3) is 0.222. The normalized spacial score (nSPS) is 12.7. The van der Waals surface area contributed by atoms with Gasteiger partial charge in [0, 0.05) is 5.92 Å². The average Bonchev–Trinajstić information content (AvgIpc) is 2.53. The van der Waals surface area contributed by atoms with Crippen molar-refractivity contribution < 1.29 is 9.59 Å². The number of benzene rings is 2. The van der Waals surface area contributed by atoms with Crippen molar-refractivity contribution in [2.24, 2.45) is 0 Å². The lowest BCUT2D eigenvalue weighted by Crippen LogP contribution is -2.44. The Morgan fingerprint density at radius 2 is 1.36 bits per heavy atom. The van der Waals surface area contributed by atoms with E-state index in [4.69, 9.17) is 23.2 Å². The zero-order valence-corrected chi connectivity index (χ0v) is 13.6. The molecular weight excluding hydrogens is 319 g/mol. The van der Waals surface area contributed by atoms with E-state index in [-0.39, 0.29) is 0 Å². The van der Waals surface area contributed by atoms with Crippen LogP contribution in [0, 0.1) is 0 Å². The van der Waals surface area contributed by atoms with Gasteiger partial charge < -0.3 is 0 Å². The molecule has 22 heavy (non-hydrogen) atoms. The number of carbonyl (C=O) groups excluding carboxylic acids is 2. The summed E-state index contributed by atoms with van der Waals surface area (Å²) in [4.78, 5) is 24.7. The van der Waals surface area contributed by atoms with Gasteiger partial charge in [0.1, 0.15) is 5.41 Å². The molecule has 4 heteroatoms. The van der Waals surface area contributed by atoms with Crippen LogP contribution in [0.15, 0.2) is 60.7 Å². The number of hydrogen-bond acceptors (Lipinski definition) is 2. The Bertz CT molecular complexity index is 639. The monoisotopic (exact) mass is 334 g/mol. The average molecular weight is 335 g/mol. The summed E-state index contributed by atoms with van der Waals surface area (Å²) in [6.45, 7) is 1.91. The first kappa shape index (κ1) is 16.7. The quantitative estimate of drug-likeness (QED) is 0.569. The van der Waals surface area contributed by atoms with Gasteiger partial charge in [0.15, 0.2) is 0 Å². The molecule has 0 amide bonds. The predicted molar refractivity (Wildman–Crippen MR) is 89.3 cm³/mol. The second-order valence-corrected chi connectivity index (χ2v) is 5.78. The summed E-state index contributed by atoms with van der Waals surface area (Å²) in [7, 11) is 0. The Morgan fingerprint density at radius 3 is 1.77 bits per heavy atom. The highest BCUT2D eigenvalue weighted by Crippen LogP contribution is 2.44. The molecule has 1 atom stereocenters. The number of carbonyl (C=O) groups is 2. The molecule has 114 valence electrons. The Morgan fingerprint density at radius 1 is 0.909 bits per heavy atom. The molecule has 0 saturated carbocycles. The molecule has 1 unspecified atom stereocenters. The van der Waals surface area contributed by atoms with Crippen molar-refractivity contribution in [3.8, 4) is 0 Å². The molecule has 0 radical (unpaired) electrons. The van der Waals surface area contributed by atoms with Gasteiger partial charge in [0.2, 0.25) is 10.5 Å². The predicted octanol–water partition coefficient (Wildman–Crippen LogP) is 4.65. The van der Waals surface area contributed by atoms with E-state index in [0.29, 0.717) is 12.0 Å². The standard InChI is InChI=1S/C18H16Cl2O2/c1-2-15(13-9-5-3-6-10-13)18(16(19)21,17(20)22)14-11-7-4-8-12-14/h3-12,15H,2H2,1H3. The van der Waals surface area contributed by atoms with Crippen molar-refractivity contribution >= 4 is 33.7 Å². The van der Waals surface area contributed by atoms with Crippen molar-refractivity contribution in [1.29, 1.82) is 0 Å². The smallest absolute Gasteiger partial charge is 0.241 e. The number of halogens is 2. The molecule has 0 saturated heterocycles. The molecule has 2 nitrogen and oxygen atoms in total. The summed E-state index contributed by atoms with van der Waals surface area (Å²) in [6, 6.07) is 18.1. The van der Waals surface area contributed by atoms with E-state index in [0.717, 1.165) is 5.56 Å². The van der Waals surface area contributed by atoms with Crippen LogP contribution in [0.4, 0.5) is 0 Å². The summed E-state index contributed by atoms with van der Waals surface area (Å²) in [5, 5.41) is -1.51. The largest absolute Gasteiger partial charge is 0.280 e. The van der Waals surface area contributed by atoms with Gasteiger partial charge >= 0.3 is 0 Å². The lowest BCUT2D eigenvalue weighted by molar-refractivity contribution is -0.127. The maximum Gasteiger partial charge on any atom is 0.241 e. The van der Waals surface area contributed by atoms with Gasteiger partial charge in [-0.05, 0) is 40.7 Å². The minimum atomic E-state index is -1.58. The molecule has 0 N–H and O–H groups in total. The summed E-state index contributed by atoms with van der Waals surface area (Å²) in [6.07, 6.45) is 0.551. The summed E-state index contributed by atoms with van der Waals surface area (Å²) >= 11 is 11.8. The van der Waals surface area contributed by atoms with E-state index in [1.54, 1.807) is 24.3 Å². The Labute approximate surface area is 140 Å². The molecule has 0 heterocycles. The highest BCUT2D eigenvalue weighted by atomic mass is 35.5. The Balaban J connectivity index is 2.72. The van der Waals surface area contributed by atoms with Crippen LogP contribution in [-0.2, 0) is 15.0 Å². The van der Waals surface area contributed by atoms with Crippen LogP contribution in [0.3, 0.4) is 0 Å². The second kappa shape index (κ2) is 7.08. The summed E-state index contributed by atoms with van der Waals surface area (Å²) in [5.41, 5.74) is -0.205. The number of hydrogen-bond donors (Lipinski definition) is 0. The van der Waals surface area contributed by atoms with Crippen LogP contribution in [-0.4, -0.2) is 10.5 Å². The lowest BCUT2D eigenvalue weighted by atomic mass is 9.68. The zero-order valence-electron chi connectivity index (χ0n) is 12.1. The van der Waals surface area contributed by atoms with Crippen molar-refractivity contribution in [3.63, 3.8) is 0 Å². The second-order valence-electron chi connectivity index (χ2n) is 5.09. The molecule has 0 spiro atoms. The van der Waals surface area contributed by atoms with E-state index in [9.17, 15) is 9.59 Å². The van der Waals surface area contributed by atoms with Crippen molar-refractivity contribution in [3.05, 3.63) is 71.8 Å². The van der Waals surface area contributed by atoms with Crippen molar-refractivity contribution in [2.45, 2.75) is 24.7 Å². The van der Waals surface area contributed by atoms with Crippen molar-refractivity contribution in [1.82, 2.24) is 0 Å². The molecule has 0 fully saturated rings. The van der Waals surface area contributed by atoms with Gasteiger partial charge in [-0.15, -0.1) is 0 Å². The van der Waals surface area contributed by atoms with Crippen molar-refractivity contribution in [2.75, 3.05) is 0 Å². The molecule has 2 aromatic carbocycles. The molecule has 0 aromatic heterocycles. The zero-order chi connectivity index (χ0) is 16.2. The van der Waals surface area contributed by atoms with E-state index in [1.165, 1.54) is 0 Å². The van der Waals surface area contributed by atoms with Gasteiger partial charge in [-0.3, -0.25) is 9.59 Å². The minimum Gasteiger partial charge on any atom is -0.280 e. The van der Waals surface area contributed by atoms with Gasteiger partial charge in [0.05, 0.1) is 0 Å². The van der Waals surface area contributed by atoms with Gasteiger partial charge in [-0.25, -0.2) is 0 Å². The Kier molecular flexibility index (Phi) is 5.38. The maximum absolute atomic E-state index is 12.3. The molecule has 2 rings (SSSR count). The highest BCUT2D eigenvalue weighted by molar-refractivity contribution is 6.76. The molecular formula is C18H16Cl2O2. The third kappa shape index (κ3) is 2.81. The molecule has 0 aliphatic carbocycles. The first-order chi connectivity index (χ1) is 10.5. The molecule has 0 aliphatic rings. The molecule has 0 aliphatic heterocycles. The van der Waals surface area contributed by atoms with E-state index >= 15 is 0 Å². The fourth-order valence-corrected chi connectivity index (χ4v) is 3.66. The maximum atomic E-state index is 12.3. The van der Waals surface area contributed by atoms with Gasteiger partial charge in [0.25, 0.3) is 0 Å². The van der Waals surface area contributed by atoms with E-state index < -0.39 is 21.8 Å². The summed E-state index contributed by atoms with van der Waals surface area (Å²) in [5.74, 6) is -0.425. The van der Waals surface area contributed by atoms with Gasteiger partial charge in [-0.2, -0.15) is 0 Å². The van der Waals surface area contributed by atoms with Crippen LogP contribution in [0.1, 0.15) is 30.4 Å². The van der Waals surface area contributed by atoms with E-state index in [2.05, 4.69) is 0 Å². The summed E-state index contributed by atoms with van der Waals surface area (Å²) < 4.78 is 0. The first-order valence-electron chi connectivity index (χ1n) is 7.05. The van der Waals surface area contributed by atoms with Crippen LogP contribution in [0.5, 0.6) is 0 Å². The van der Waals surface area contributed by atoms with Crippen LogP contribution in [0.25, 0.3) is 0 Å². The van der Waals surface area contributed by atoms with Gasteiger partial charge in [-0.1, -0.05) is 67.6 Å². The van der Waals surface area contributed by atoms with Crippen LogP contribution >= 0.6 is 23.2 Å². The Hall–Kier alpha value is -1.64. The topological polar surface area (TPSA) is 34.1 Å². The number of rotatable bonds is 6. The first-order valence-corrected chi connectivity index (χ1v) is 7.81.